The zero-order valence-electron chi connectivity index (χ0n) is 7.35. The van der Waals surface area contributed by atoms with Crippen molar-refractivity contribution in [1.29, 1.82) is 0 Å². The van der Waals surface area contributed by atoms with Crippen LogP contribution in [0.3, 0.4) is 0 Å². The maximum Gasteiger partial charge on any atom is -0.00203 e. The van der Waals surface area contributed by atoms with Crippen molar-refractivity contribution in [2.45, 2.75) is 27.2 Å². The molecular weight excluding hydrogens is 122 g/mol. The summed E-state index contributed by atoms with van der Waals surface area (Å²) in [5.41, 5.74) is 0. The van der Waals surface area contributed by atoms with Gasteiger partial charge in [-0.3, -0.25) is 0 Å². The highest BCUT2D eigenvalue weighted by atomic mass is 14.9. The Bertz CT molecular complexity index is 90.9. The summed E-state index contributed by atoms with van der Waals surface area (Å²) < 4.78 is 0. The quantitative estimate of drug-likeness (QED) is 0.588. The molecule has 0 aliphatic carbocycles. The Morgan fingerprint density at radius 1 is 1.20 bits per heavy atom. The monoisotopic (exact) mass is 141 g/mol. The molecule has 1 aliphatic rings. The second-order valence-corrected chi connectivity index (χ2v) is 3.68. The first-order valence-corrected chi connectivity index (χ1v) is 4.46. The average molecular weight is 141 g/mol. The predicted octanol–water partition coefficient (Wildman–Crippen LogP) is 1.89. The molecule has 1 rings (SSSR count). The Hall–Kier alpha value is -0.0400. The van der Waals surface area contributed by atoms with E-state index in [4.69, 9.17) is 0 Å². The van der Waals surface area contributed by atoms with E-state index in [0.717, 1.165) is 17.8 Å². The first-order valence-electron chi connectivity index (χ1n) is 4.46. The minimum Gasteiger partial charge on any atom is -0.316 e. The van der Waals surface area contributed by atoms with E-state index < -0.39 is 0 Å². The first kappa shape index (κ1) is 8.06. The number of piperidine rings is 1. The first-order chi connectivity index (χ1) is 4.75. The van der Waals surface area contributed by atoms with E-state index in [0.29, 0.717) is 0 Å². The van der Waals surface area contributed by atoms with Crippen molar-refractivity contribution in [3.05, 3.63) is 0 Å². The molecule has 0 saturated carbocycles. The highest BCUT2D eigenvalue weighted by molar-refractivity contribution is 4.78. The zero-order chi connectivity index (χ0) is 7.56. The largest absolute Gasteiger partial charge is 0.316 e. The lowest BCUT2D eigenvalue weighted by Crippen LogP contribution is -2.40. The minimum atomic E-state index is 0.883. The van der Waals surface area contributed by atoms with Gasteiger partial charge in [-0.25, -0.2) is 0 Å². The molecule has 1 fully saturated rings. The fourth-order valence-corrected chi connectivity index (χ4v) is 2.21. The van der Waals surface area contributed by atoms with Crippen LogP contribution in [0.5, 0.6) is 0 Å². The van der Waals surface area contributed by atoms with E-state index in [1.54, 1.807) is 0 Å². The van der Waals surface area contributed by atoms with Gasteiger partial charge in [0.2, 0.25) is 0 Å². The summed E-state index contributed by atoms with van der Waals surface area (Å²) in [6, 6.07) is 0. The van der Waals surface area contributed by atoms with Gasteiger partial charge in [0, 0.05) is 0 Å². The number of hydrogen-bond donors (Lipinski definition) is 1. The predicted molar refractivity (Wildman–Crippen MR) is 45.0 cm³/mol. The van der Waals surface area contributed by atoms with Gasteiger partial charge in [0.15, 0.2) is 0 Å². The Morgan fingerprint density at radius 3 is 2.00 bits per heavy atom. The average Bonchev–Trinajstić information content (AvgIpc) is 1.88. The second kappa shape index (κ2) is 3.38. The van der Waals surface area contributed by atoms with Crippen LogP contribution in [0.4, 0.5) is 0 Å². The summed E-state index contributed by atoms with van der Waals surface area (Å²) in [5, 5.41) is 3.45. The molecule has 0 spiro atoms. The lowest BCUT2D eigenvalue weighted by molar-refractivity contribution is 0.191. The van der Waals surface area contributed by atoms with Crippen molar-refractivity contribution < 1.29 is 0 Å². The van der Waals surface area contributed by atoms with E-state index in [1.165, 1.54) is 19.5 Å². The molecule has 0 radical (unpaired) electrons. The van der Waals surface area contributed by atoms with Crippen LogP contribution in [0, 0.1) is 17.8 Å². The molecule has 0 aromatic carbocycles. The van der Waals surface area contributed by atoms with Gasteiger partial charge in [-0.2, -0.15) is 0 Å². The Kier molecular flexibility index (Phi) is 2.72. The van der Waals surface area contributed by atoms with Crippen LogP contribution in [-0.4, -0.2) is 13.1 Å². The molecule has 2 atom stereocenters. The normalized spacial score (nSPS) is 41.7. The summed E-state index contributed by atoms with van der Waals surface area (Å²) in [4.78, 5) is 0. The van der Waals surface area contributed by atoms with E-state index in [1.807, 2.05) is 0 Å². The van der Waals surface area contributed by atoms with Crippen LogP contribution in [0.25, 0.3) is 0 Å². The van der Waals surface area contributed by atoms with E-state index >= 15 is 0 Å². The van der Waals surface area contributed by atoms with Gasteiger partial charge in [-0.15, -0.1) is 0 Å². The lowest BCUT2D eigenvalue weighted by atomic mass is 9.79. The summed E-state index contributed by atoms with van der Waals surface area (Å²) in [7, 11) is 0. The smallest absolute Gasteiger partial charge is 0.00203 e. The van der Waals surface area contributed by atoms with Crippen LogP contribution in [0.1, 0.15) is 27.2 Å². The maximum absolute atomic E-state index is 3.45. The molecule has 1 heteroatoms. The van der Waals surface area contributed by atoms with E-state index in [2.05, 4.69) is 26.1 Å². The highest BCUT2D eigenvalue weighted by Gasteiger charge is 2.25. The molecule has 0 bridgehead atoms. The van der Waals surface area contributed by atoms with Crippen LogP contribution < -0.4 is 5.32 Å². The van der Waals surface area contributed by atoms with Crippen LogP contribution in [0.15, 0.2) is 0 Å². The SMILES string of the molecule is CCC1C(C)CNCC1C. The third kappa shape index (κ3) is 1.51. The van der Waals surface area contributed by atoms with Crippen molar-refractivity contribution in [3.8, 4) is 0 Å². The number of nitrogens with one attached hydrogen (secondary N) is 1. The van der Waals surface area contributed by atoms with Crippen molar-refractivity contribution in [1.82, 2.24) is 5.32 Å². The van der Waals surface area contributed by atoms with Crippen molar-refractivity contribution in [3.63, 3.8) is 0 Å². The maximum atomic E-state index is 3.45. The molecule has 0 aromatic rings. The molecule has 1 saturated heterocycles. The zero-order valence-corrected chi connectivity index (χ0v) is 7.35. The van der Waals surface area contributed by atoms with Gasteiger partial charge >= 0.3 is 0 Å². The fraction of sp³-hybridized carbons (Fsp3) is 1.00. The Balaban J connectivity index is 2.45. The molecule has 60 valence electrons. The molecular formula is C9H19N. The Morgan fingerprint density at radius 2 is 1.70 bits per heavy atom. The van der Waals surface area contributed by atoms with Crippen LogP contribution >= 0.6 is 0 Å². The molecule has 0 aromatic heterocycles. The fourth-order valence-electron chi connectivity index (χ4n) is 2.21. The molecule has 0 amide bonds. The molecule has 2 unspecified atom stereocenters. The third-order valence-electron chi connectivity index (χ3n) is 2.87. The molecule has 1 nitrogen and oxygen atoms in total. The summed E-state index contributed by atoms with van der Waals surface area (Å²) in [6.07, 6.45) is 1.35. The van der Waals surface area contributed by atoms with Crippen LogP contribution in [-0.2, 0) is 0 Å². The molecule has 1 aliphatic heterocycles. The minimum absolute atomic E-state index is 0.883. The standard InChI is InChI=1S/C9H19N/c1-4-9-7(2)5-10-6-8(9)3/h7-10H,4-6H2,1-3H3. The number of rotatable bonds is 1. The van der Waals surface area contributed by atoms with Crippen molar-refractivity contribution >= 4 is 0 Å². The number of hydrogen-bond acceptors (Lipinski definition) is 1. The van der Waals surface area contributed by atoms with Gasteiger partial charge in [-0.05, 0) is 30.8 Å². The summed E-state index contributed by atoms with van der Waals surface area (Å²) >= 11 is 0. The Labute approximate surface area is 64.2 Å². The van der Waals surface area contributed by atoms with E-state index in [9.17, 15) is 0 Å². The van der Waals surface area contributed by atoms with Gasteiger partial charge < -0.3 is 5.32 Å². The van der Waals surface area contributed by atoms with E-state index in [-0.39, 0.29) is 0 Å². The summed E-state index contributed by atoms with van der Waals surface area (Å²) in [6.45, 7) is 9.47. The summed E-state index contributed by atoms with van der Waals surface area (Å²) in [5.74, 6) is 2.73. The van der Waals surface area contributed by atoms with Gasteiger partial charge in [0.05, 0.1) is 0 Å². The lowest BCUT2D eigenvalue weighted by Gasteiger charge is -2.34. The van der Waals surface area contributed by atoms with Gasteiger partial charge in [0.1, 0.15) is 0 Å². The highest BCUT2D eigenvalue weighted by Crippen LogP contribution is 2.26. The van der Waals surface area contributed by atoms with Crippen molar-refractivity contribution in [2.75, 3.05) is 13.1 Å². The molecule has 10 heavy (non-hydrogen) atoms. The van der Waals surface area contributed by atoms with Crippen molar-refractivity contribution in [2.24, 2.45) is 17.8 Å². The molecule has 1 heterocycles. The van der Waals surface area contributed by atoms with Gasteiger partial charge in [-0.1, -0.05) is 27.2 Å². The second-order valence-electron chi connectivity index (χ2n) is 3.68. The third-order valence-corrected chi connectivity index (χ3v) is 2.87. The van der Waals surface area contributed by atoms with Crippen LogP contribution in [0.2, 0.25) is 0 Å². The molecule has 1 N–H and O–H groups in total. The van der Waals surface area contributed by atoms with Gasteiger partial charge in [0.25, 0.3) is 0 Å². The topological polar surface area (TPSA) is 12.0 Å².